The Morgan fingerprint density at radius 1 is 1.19 bits per heavy atom. The molecule has 1 rings (SSSR count). The molecule has 0 aromatic rings. The van der Waals surface area contributed by atoms with Crippen molar-refractivity contribution in [2.45, 2.75) is 62.9 Å². The van der Waals surface area contributed by atoms with Crippen molar-refractivity contribution in [2.24, 2.45) is 0 Å². The van der Waals surface area contributed by atoms with Gasteiger partial charge in [0.05, 0.1) is 6.26 Å². The van der Waals surface area contributed by atoms with Crippen molar-refractivity contribution in [3.8, 4) is 0 Å². The summed E-state index contributed by atoms with van der Waals surface area (Å²) in [6, 6.07) is 0. The molecule has 0 aromatic heterocycles. The van der Waals surface area contributed by atoms with Gasteiger partial charge < -0.3 is 0 Å². The summed E-state index contributed by atoms with van der Waals surface area (Å²) >= 11 is 1.92. The second-order valence-electron chi connectivity index (χ2n) is 6.51. The monoisotopic (exact) mass is 444 g/mol. The van der Waals surface area contributed by atoms with Crippen LogP contribution < -0.4 is 0 Å². The third-order valence-corrected chi connectivity index (χ3v) is 14.4. The van der Waals surface area contributed by atoms with E-state index in [1.165, 1.54) is 14.1 Å². The normalized spacial score (nSPS) is 19.8. The SMILES string of the molecule is CCC(C)SP(=O)(N(C)C(=O)C(=O)SC1CCCCC1)N(C)S(C)(=O)=O. The van der Waals surface area contributed by atoms with Crippen LogP contribution in [-0.2, 0) is 24.2 Å². The van der Waals surface area contributed by atoms with E-state index in [0.717, 1.165) is 70.2 Å². The van der Waals surface area contributed by atoms with Crippen molar-refractivity contribution in [1.29, 1.82) is 0 Å². The summed E-state index contributed by atoms with van der Waals surface area (Å²) in [5, 5.41) is -0.712. The summed E-state index contributed by atoms with van der Waals surface area (Å²) in [4.78, 5) is 25.0. The van der Waals surface area contributed by atoms with Crippen LogP contribution in [0, 0.1) is 0 Å². The van der Waals surface area contributed by atoms with Crippen LogP contribution in [-0.4, -0.2) is 59.0 Å². The Labute approximate surface area is 165 Å². The smallest absolute Gasteiger partial charge is 0.276 e. The molecule has 0 radical (unpaired) electrons. The van der Waals surface area contributed by atoms with Crippen LogP contribution in [0.25, 0.3) is 0 Å². The first kappa shape index (κ1) is 24.0. The molecule has 1 saturated carbocycles. The van der Waals surface area contributed by atoms with Crippen LogP contribution in [0.2, 0.25) is 0 Å². The average molecular weight is 445 g/mol. The fourth-order valence-corrected chi connectivity index (χ4v) is 11.4. The molecule has 2 atom stereocenters. The molecule has 0 N–H and O–H groups in total. The van der Waals surface area contributed by atoms with Gasteiger partial charge >= 0.3 is 12.6 Å². The number of carbonyl (C=O) groups is 2. The maximum Gasteiger partial charge on any atom is 0.310 e. The Morgan fingerprint density at radius 3 is 2.19 bits per heavy atom. The van der Waals surface area contributed by atoms with Crippen LogP contribution in [0.4, 0.5) is 0 Å². The molecule has 1 aliphatic rings. The van der Waals surface area contributed by atoms with Gasteiger partial charge in [-0.1, -0.05) is 56.3 Å². The number of rotatable bonds is 7. The van der Waals surface area contributed by atoms with Gasteiger partial charge in [-0.3, -0.25) is 18.8 Å². The highest BCUT2D eigenvalue weighted by Gasteiger charge is 2.44. The van der Waals surface area contributed by atoms with Gasteiger partial charge in [0.15, 0.2) is 0 Å². The van der Waals surface area contributed by atoms with E-state index in [2.05, 4.69) is 0 Å². The first-order chi connectivity index (χ1) is 11.9. The third-order valence-electron chi connectivity index (χ3n) is 4.40. The number of carbonyl (C=O) groups excluding carboxylic acids is 2. The molecule has 0 bridgehead atoms. The van der Waals surface area contributed by atoms with E-state index in [9.17, 15) is 22.6 Å². The van der Waals surface area contributed by atoms with Crippen LogP contribution >= 0.6 is 29.8 Å². The van der Waals surface area contributed by atoms with Crippen molar-refractivity contribution < 1.29 is 22.6 Å². The van der Waals surface area contributed by atoms with Gasteiger partial charge in [0.2, 0.25) is 10.0 Å². The average Bonchev–Trinajstić information content (AvgIpc) is 2.59. The highest BCUT2D eigenvalue weighted by Crippen LogP contribution is 2.65. The van der Waals surface area contributed by atoms with E-state index in [-0.39, 0.29) is 10.5 Å². The number of hydrogen-bond donors (Lipinski definition) is 0. The van der Waals surface area contributed by atoms with Crippen LogP contribution in [0.1, 0.15) is 52.4 Å². The van der Waals surface area contributed by atoms with Gasteiger partial charge in [-0.25, -0.2) is 8.42 Å². The van der Waals surface area contributed by atoms with Gasteiger partial charge in [0.1, 0.15) is 0 Å². The Bertz CT molecular complexity index is 664. The Morgan fingerprint density at radius 2 is 1.73 bits per heavy atom. The summed E-state index contributed by atoms with van der Waals surface area (Å²) < 4.78 is 39.0. The zero-order chi connectivity index (χ0) is 20.1. The van der Waals surface area contributed by atoms with Gasteiger partial charge in [-0.15, -0.1) is 4.08 Å². The van der Waals surface area contributed by atoms with Crippen molar-refractivity contribution in [2.75, 3.05) is 20.4 Å². The number of likely N-dealkylation sites (N-methyl/N-ethyl adjacent to an activating group) is 1. The maximum atomic E-state index is 13.5. The number of hydrogen-bond acceptors (Lipinski definition) is 7. The quantitative estimate of drug-likeness (QED) is 0.438. The van der Waals surface area contributed by atoms with Gasteiger partial charge in [-0.05, 0) is 19.3 Å². The molecular weight excluding hydrogens is 415 g/mol. The van der Waals surface area contributed by atoms with Crippen LogP contribution in [0.5, 0.6) is 0 Å². The maximum absolute atomic E-state index is 13.5. The molecule has 152 valence electrons. The van der Waals surface area contributed by atoms with E-state index in [1.54, 1.807) is 0 Å². The molecule has 0 heterocycles. The van der Waals surface area contributed by atoms with Gasteiger partial charge in [0.25, 0.3) is 5.12 Å². The molecule has 1 aliphatic carbocycles. The lowest BCUT2D eigenvalue weighted by molar-refractivity contribution is -0.136. The van der Waals surface area contributed by atoms with E-state index >= 15 is 0 Å². The lowest BCUT2D eigenvalue weighted by Gasteiger charge is -2.34. The van der Waals surface area contributed by atoms with Crippen molar-refractivity contribution >= 4 is 50.8 Å². The molecule has 0 aromatic carbocycles. The fourth-order valence-electron chi connectivity index (χ4n) is 2.45. The molecule has 0 spiro atoms. The predicted molar refractivity (Wildman–Crippen MR) is 110 cm³/mol. The summed E-state index contributed by atoms with van der Waals surface area (Å²) in [6.07, 6.45) is 6.57. The molecule has 11 heteroatoms. The molecule has 2 unspecified atom stereocenters. The molecule has 1 amide bonds. The van der Waals surface area contributed by atoms with Gasteiger partial charge in [-0.2, -0.15) is 0 Å². The summed E-state index contributed by atoms with van der Waals surface area (Å²) in [5.74, 6) is -0.907. The van der Waals surface area contributed by atoms with E-state index < -0.39 is 27.7 Å². The molecule has 0 saturated heterocycles. The first-order valence-electron chi connectivity index (χ1n) is 8.65. The largest absolute Gasteiger partial charge is 0.310 e. The van der Waals surface area contributed by atoms with E-state index in [1.807, 2.05) is 13.8 Å². The Kier molecular flexibility index (Phi) is 9.20. The minimum absolute atomic E-state index is 0.0999. The summed E-state index contributed by atoms with van der Waals surface area (Å²) in [5.41, 5.74) is 0. The van der Waals surface area contributed by atoms with E-state index in [4.69, 9.17) is 0 Å². The minimum atomic E-state index is -3.85. The lowest BCUT2D eigenvalue weighted by Crippen LogP contribution is -2.36. The van der Waals surface area contributed by atoms with Crippen molar-refractivity contribution in [1.82, 2.24) is 8.75 Å². The van der Waals surface area contributed by atoms with Crippen molar-refractivity contribution in [3.63, 3.8) is 0 Å². The highest BCUT2D eigenvalue weighted by atomic mass is 32.7. The second-order valence-corrected chi connectivity index (χ2v) is 15.3. The molecular formula is C15H29N2O5PS3. The van der Waals surface area contributed by atoms with E-state index in [0.29, 0.717) is 6.42 Å². The number of sulfonamides is 1. The Balaban J connectivity index is 3.02. The topological polar surface area (TPSA) is 91.8 Å². The standard InChI is InChI=1S/C15H29N2O5PS3/c1-6-12(2)25-23(20,17(4)26(5,21)22)16(3)14(18)15(19)24-13-10-8-7-9-11-13/h12-13H,6-11H2,1-5H3. The fraction of sp³-hybridized carbons (Fsp3) is 0.867. The lowest BCUT2D eigenvalue weighted by atomic mass is 10.0. The van der Waals surface area contributed by atoms with Gasteiger partial charge in [0, 0.05) is 24.6 Å². The molecule has 7 nitrogen and oxygen atoms in total. The van der Waals surface area contributed by atoms with Crippen molar-refractivity contribution in [3.05, 3.63) is 0 Å². The first-order valence-corrected chi connectivity index (χ1v) is 14.5. The van der Waals surface area contributed by atoms with Crippen LogP contribution in [0.15, 0.2) is 0 Å². The third kappa shape index (κ3) is 6.26. The number of amides is 1. The highest BCUT2D eigenvalue weighted by molar-refractivity contribution is 8.58. The minimum Gasteiger partial charge on any atom is -0.276 e. The molecule has 0 aliphatic heterocycles. The number of thioether (sulfide) groups is 1. The molecule has 1 fully saturated rings. The summed E-state index contributed by atoms with van der Waals surface area (Å²) in [7, 11) is -1.37. The van der Waals surface area contributed by atoms with Crippen LogP contribution in [0.3, 0.4) is 0 Å². The number of nitrogens with zero attached hydrogens (tertiary/aromatic N) is 2. The second kappa shape index (κ2) is 9.96. The zero-order valence-electron chi connectivity index (χ0n) is 16.0. The zero-order valence-corrected chi connectivity index (χ0v) is 19.3. The summed E-state index contributed by atoms with van der Waals surface area (Å²) in [6.45, 7) is -0.154. The predicted octanol–water partition coefficient (Wildman–Crippen LogP) is 3.57. The molecule has 26 heavy (non-hydrogen) atoms. The Hall–Kier alpha value is -0.0200.